The van der Waals surface area contributed by atoms with Crippen molar-refractivity contribution in [2.75, 3.05) is 26.2 Å². The van der Waals surface area contributed by atoms with Crippen LogP contribution in [0.1, 0.15) is 48.4 Å². The molecule has 0 bridgehead atoms. The molecule has 3 N–H and O–H groups in total. The molecular formula is C29H35N3O. The summed E-state index contributed by atoms with van der Waals surface area (Å²) in [5, 5.41) is 0. The maximum absolute atomic E-state index is 6.05. The maximum Gasteiger partial charge on any atom is 0.119 e. The van der Waals surface area contributed by atoms with Gasteiger partial charge in [-0.25, -0.2) is 0 Å². The normalized spacial score (nSPS) is 14.8. The lowest BCUT2D eigenvalue weighted by molar-refractivity contribution is 0.238. The van der Waals surface area contributed by atoms with Crippen molar-refractivity contribution in [1.29, 1.82) is 0 Å². The van der Waals surface area contributed by atoms with Gasteiger partial charge in [-0.2, -0.15) is 0 Å². The van der Waals surface area contributed by atoms with Gasteiger partial charge in [0.15, 0.2) is 0 Å². The summed E-state index contributed by atoms with van der Waals surface area (Å²) in [6.07, 6.45) is 3.56. The Morgan fingerprint density at radius 2 is 1.61 bits per heavy atom. The van der Waals surface area contributed by atoms with Crippen molar-refractivity contribution < 1.29 is 4.74 Å². The summed E-state index contributed by atoms with van der Waals surface area (Å²) in [7, 11) is 0. The largest absolute Gasteiger partial charge is 0.492 e. The van der Waals surface area contributed by atoms with Crippen molar-refractivity contribution in [3.63, 3.8) is 0 Å². The molecule has 3 aromatic carbocycles. The molecule has 0 atom stereocenters. The fourth-order valence-corrected chi connectivity index (χ4v) is 4.65. The quantitative estimate of drug-likeness (QED) is 0.248. The summed E-state index contributed by atoms with van der Waals surface area (Å²) in [6.45, 7) is 7.01. The molecule has 4 heteroatoms. The Labute approximate surface area is 198 Å². The van der Waals surface area contributed by atoms with Gasteiger partial charge in [-0.3, -0.25) is 16.2 Å². The number of ether oxygens (including phenoxy) is 1. The highest BCUT2D eigenvalue weighted by molar-refractivity contribution is 5.98. The van der Waals surface area contributed by atoms with E-state index in [1.54, 1.807) is 0 Å². The Hall–Kier alpha value is -2.92. The molecule has 0 radical (unpaired) electrons. The second-order valence-corrected chi connectivity index (χ2v) is 8.58. The van der Waals surface area contributed by atoms with Crippen LogP contribution in [-0.4, -0.2) is 31.1 Å². The SMILES string of the molecule is CC/C(=C(/c1ccc(OCCN2CCCC2)cc1)c1cccc(CNN)c1)c1ccccc1. The van der Waals surface area contributed by atoms with Crippen molar-refractivity contribution in [2.24, 2.45) is 5.84 Å². The van der Waals surface area contributed by atoms with E-state index in [-0.39, 0.29) is 0 Å². The van der Waals surface area contributed by atoms with Crippen LogP contribution in [0.5, 0.6) is 5.75 Å². The van der Waals surface area contributed by atoms with Gasteiger partial charge in [0.05, 0.1) is 0 Å². The van der Waals surface area contributed by atoms with Crippen LogP contribution in [0.4, 0.5) is 0 Å². The molecule has 0 aromatic heterocycles. The minimum absolute atomic E-state index is 0.637. The second kappa shape index (κ2) is 11.8. The molecule has 1 aliphatic heterocycles. The first kappa shape index (κ1) is 23.2. The van der Waals surface area contributed by atoms with Crippen LogP contribution in [0, 0.1) is 0 Å². The molecule has 0 spiro atoms. The van der Waals surface area contributed by atoms with Gasteiger partial charge in [-0.05, 0) is 84.0 Å². The Morgan fingerprint density at radius 1 is 0.879 bits per heavy atom. The molecule has 3 aromatic rings. The molecule has 4 rings (SSSR count). The van der Waals surface area contributed by atoms with Crippen LogP contribution in [0.2, 0.25) is 0 Å². The second-order valence-electron chi connectivity index (χ2n) is 8.58. The van der Waals surface area contributed by atoms with Crippen LogP contribution in [0.25, 0.3) is 11.1 Å². The molecule has 172 valence electrons. The number of allylic oxidation sites excluding steroid dienone is 1. The third kappa shape index (κ3) is 6.11. The Bertz CT molecular complexity index is 1040. The van der Waals surface area contributed by atoms with E-state index in [1.165, 1.54) is 53.8 Å². The molecule has 1 heterocycles. The zero-order chi connectivity index (χ0) is 22.9. The summed E-state index contributed by atoms with van der Waals surface area (Å²) in [4.78, 5) is 2.48. The number of hydrogen-bond donors (Lipinski definition) is 2. The molecule has 0 aliphatic carbocycles. The third-order valence-electron chi connectivity index (χ3n) is 6.32. The topological polar surface area (TPSA) is 50.5 Å². The molecule has 0 saturated carbocycles. The van der Waals surface area contributed by atoms with E-state index in [4.69, 9.17) is 10.6 Å². The number of rotatable bonds is 10. The van der Waals surface area contributed by atoms with Crippen molar-refractivity contribution in [2.45, 2.75) is 32.7 Å². The summed E-state index contributed by atoms with van der Waals surface area (Å²) in [5.41, 5.74) is 10.2. The number of nitrogens with one attached hydrogen (secondary N) is 1. The third-order valence-corrected chi connectivity index (χ3v) is 6.32. The molecule has 1 aliphatic rings. The fraction of sp³-hybridized carbons (Fsp3) is 0.310. The van der Waals surface area contributed by atoms with Gasteiger partial charge in [0.25, 0.3) is 0 Å². The number of nitrogens with two attached hydrogens (primary N) is 1. The number of nitrogens with zero attached hydrogens (tertiary/aromatic N) is 1. The summed E-state index contributed by atoms with van der Waals surface area (Å²) >= 11 is 0. The molecule has 0 unspecified atom stereocenters. The lowest BCUT2D eigenvalue weighted by Crippen LogP contribution is -2.25. The average Bonchev–Trinajstić information content (AvgIpc) is 3.38. The Balaban J connectivity index is 1.64. The van der Waals surface area contributed by atoms with Crippen molar-refractivity contribution in [3.05, 3.63) is 101 Å². The molecular weight excluding hydrogens is 406 g/mol. The predicted octanol–water partition coefficient (Wildman–Crippen LogP) is 5.49. The van der Waals surface area contributed by atoms with E-state index in [9.17, 15) is 0 Å². The van der Waals surface area contributed by atoms with Crippen LogP contribution < -0.4 is 16.0 Å². The molecule has 1 fully saturated rings. The maximum atomic E-state index is 6.05. The highest BCUT2D eigenvalue weighted by atomic mass is 16.5. The van der Waals surface area contributed by atoms with E-state index >= 15 is 0 Å². The molecule has 33 heavy (non-hydrogen) atoms. The van der Waals surface area contributed by atoms with E-state index in [0.29, 0.717) is 6.54 Å². The summed E-state index contributed by atoms with van der Waals surface area (Å²) in [6, 6.07) is 27.9. The van der Waals surface area contributed by atoms with E-state index in [2.05, 4.69) is 96.1 Å². The Morgan fingerprint density at radius 3 is 2.30 bits per heavy atom. The monoisotopic (exact) mass is 441 g/mol. The molecule has 1 saturated heterocycles. The van der Waals surface area contributed by atoms with E-state index in [0.717, 1.165) is 30.9 Å². The summed E-state index contributed by atoms with van der Waals surface area (Å²) < 4.78 is 6.05. The van der Waals surface area contributed by atoms with Crippen molar-refractivity contribution in [3.8, 4) is 5.75 Å². The standard InChI is InChI=1S/C29H35N3O/c1-2-28(24-10-4-3-5-11-24)29(26-12-8-9-23(21-26)22-31-30)25-13-15-27(16-14-25)33-20-19-32-17-6-7-18-32/h3-5,8-16,21,31H,2,6-7,17-20,22,30H2,1H3/b29-28+. The lowest BCUT2D eigenvalue weighted by Gasteiger charge is -2.18. The van der Waals surface area contributed by atoms with Gasteiger partial charge in [0.1, 0.15) is 12.4 Å². The number of hydrazine groups is 1. The highest BCUT2D eigenvalue weighted by Gasteiger charge is 2.14. The number of benzene rings is 3. The average molecular weight is 442 g/mol. The van der Waals surface area contributed by atoms with Crippen molar-refractivity contribution in [1.82, 2.24) is 10.3 Å². The zero-order valence-electron chi connectivity index (χ0n) is 19.6. The minimum Gasteiger partial charge on any atom is -0.492 e. The predicted molar refractivity (Wildman–Crippen MR) is 138 cm³/mol. The lowest BCUT2D eigenvalue weighted by atomic mass is 9.87. The van der Waals surface area contributed by atoms with Gasteiger partial charge in [0, 0.05) is 13.1 Å². The van der Waals surface area contributed by atoms with Gasteiger partial charge < -0.3 is 4.74 Å². The first-order valence-corrected chi connectivity index (χ1v) is 12.1. The van der Waals surface area contributed by atoms with E-state index < -0.39 is 0 Å². The first-order chi connectivity index (χ1) is 16.3. The summed E-state index contributed by atoms with van der Waals surface area (Å²) in [5.74, 6) is 6.52. The van der Waals surface area contributed by atoms with Crippen LogP contribution in [0.3, 0.4) is 0 Å². The van der Waals surface area contributed by atoms with E-state index in [1.807, 2.05) is 0 Å². The van der Waals surface area contributed by atoms with Gasteiger partial charge >= 0.3 is 0 Å². The first-order valence-electron chi connectivity index (χ1n) is 12.1. The molecule has 4 nitrogen and oxygen atoms in total. The Kier molecular flexibility index (Phi) is 8.31. The zero-order valence-corrected chi connectivity index (χ0v) is 19.6. The van der Waals surface area contributed by atoms with Gasteiger partial charge in [-0.15, -0.1) is 0 Å². The van der Waals surface area contributed by atoms with Gasteiger partial charge in [0.2, 0.25) is 0 Å². The highest BCUT2D eigenvalue weighted by Crippen LogP contribution is 2.35. The number of hydrogen-bond acceptors (Lipinski definition) is 4. The van der Waals surface area contributed by atoms with Crippen LogP contribution >= 0.6 is 0 Å². The number of likely N-dealkylation sites (tertiary alicyclic amines) is 1. The van der Waals surface area contributed by atoms with Gasteiger partial charge in [-0.1, -0.05) is 67.6 Å². The van der Waals surface area contributed by atoms with Crippen LogP contribution in [0.15, 0.2) is 78.9 Å². The smallest absolute Gasteiger partial charge is 0.119 e. The van der Waals surface area contributed by atoms with Crippen molar-refractivity contribution >= 4 is 11.1 Å². The minimum atomic E-state index is 0.637. The fourth-order valence-electron chi connectivity index (χ4n) is 4.65. The van der Waals surface area contributed by atoms with Crippen LogP contribution in [-0.2, 0) is 6.54 Å². The molecule has 0 amide bonds.